The number of amides is 1. The SMILES string of the molecule is COC(N=[N+]=[N-])C1CC(C(N)=O)C1. The van der Waals surface area contributed by atoms with Crippen molar-refractivity contribution >= 4 is 5.91 Å². The highest BCUT2D eigenvalue weighted by molar-refractivity contribution is 5.77. The summed E-state index contributed by atoms with van der Waals surface area (Å²) in [7, 11) is 1.48. The maximum atomic E-state index is 10.7. The predicted octanol–water partition coefficient (Wildman–Crippen LogP) is 0.781. The Kier molecular flexibility index (Phi) is 3.11. The quantitative estimate of drug-likeness (QED) is 0.396. The van der Waals surface area contributed by atoms with Gasteiger partial charge in [0, 0.05) is 17.9 Å². The van der Waals surface area contributed by atoms with E-state index in [0.717, 1.165) is 0 Å². The number of azide groups is 1. The summed E-state index contributed by atoms with van der Waals surface area (Å²) >= 11 is 0. The Morgan fingerprint density at radius 2 is 2.38 bits per heavy atom. The molecule has 1 rings (SSSR count). The van der Waals surface area contributed by atoms with Crippen LogP contribution in [0.25, 0.3) is 10.4 Å². The van der Waals surface area contributed by atoms with Gasteiger partial charge in [0.05, 0.1) is 0 Å². The van der Waals surface area contributed by atoms with E-state index in [1.165, 1.54) is 7.11 Å². The van der Waals surface area contributed by atoms with Gasteiger partial charge in [0.15, 0.2) is 0 Å². The third-order valence-corrected chi connectivity index (χ3v) is 2.39. The molecule has 6 nitrogen and oxygen atoms in total. The van der Waals surface area contributed by atoms with E-state index in [1.54, 1.807) is 0 Å². The summed E-state index contributed by atoms with van der Waals surface area (Å²) in [6.07, 6.45) is 0.861. The van der Waals surface area contributed by atoms with Crippen molar-refractivity contribution in [3.63, 3.8) is 0 Å². The lowest BCUT2D eigenvalue weighted by atomic mass is 9.73. The number of carbonyl (C=O) groups excluding carboxylic acids is 1. The highest BCUT2D eigenvalue weighted by atomic mass is 16.5. The van der Waals surface area contributed by atoms with Crippen LogP contribution in [0.2, 0.25) is 0 Å². The Labute approximate surface area is 75.7 Å². The molecule has 0 aromatic rings. The van der Waals surface area contributed by atoms with Crippen molar-refractivity contribution in [1.29, 1.82) is 0 Å². The van der Waals surface area contributed by atoms with E-state index in [-0.39, 0.29) is 17.7 Å². The highest BCUT2D eigenvalue weighted by Crippen LogP contribution is 2.37. The molecule has 0 spiro atoms. The molecule has 1 amide bonds. The van der Waals surface area contributed by atoms with Gasteiger partial charge in [-0.2, -0.15) is 0 Å². The zero-order valence-electron chi connectivity index (χ0n) is 7.38. The average molecular weight is 184 g/mol. The lowest BCUT2D eigenvalue weighted by Gasteiger charge is -2.35. The standard InChI is InChI=1S/C7H12N4O2/c1-13-7(10-11-9)5-2-4(3-5)6(8)12/h4-5,7H,2-3H2,1H3,(H2,8,12). The second kappa shape index (κ2) is 4.11. The zero-order chi connectivity index (χ0) is 9.84. The van der Waals surface area contributed by atoms with Crippen LogP contribution in [0.1, 0.15) is 12.8 Å². The Morgan fingerprint density at radius 3 is 2.77 bits per heavy atom. The van der Waals surface area contributed by atoms with Crippen LogP contribution >= 0.6 is 0 Å². The summed E-state index contributed by atoms with van der Waals surface area (Å²) in [6.45, 7) is 0. The molecule has 0 aromatic carbocycles. The van der Waals surface area contributed by atoms with E-state index in [4.69, 9.17) is 16.0 Å². The van der Waals surface area contributed by atoms with Gasteiger partial charge in [-0.05, 0) is 24.3 Å². The van der Waals surface area contributed by atoms with Gasteiger partial charge in [-0.1, -0.05) is 5.11 Å². The lowest BCUT2D eigenvalue weighted by molar-refractivity contribution is -0.128. The third-order valence-electron chi connectivity index (χ3n) is 2.39. The molecule has 0 saturated heterocycles. The Morgan fingerprint density at radius 1 is 1.77 bits per heavy atom. The molecule has 13 heavy (non-hydrogen) atoms. The molecule has 6 heteroatoms. The maximum absolute atomic E-state index is 10.7. The third kappa shape index (κ3) is 2.11. The maximum Gasteiger partial charge on any atom is 0.220 e. The summed E-state index contributed by atoms with van der Waals surface area (Å²) < 4.78 is 4.95. The lowest BCUT2D eigenvalue weighted by Crippen LogP contribution is -2.40. The largest absolute Gasteiger partial charge is 0.375 e. The predicted molar refractivity (Wildman–Crippen MR) is 45.4 cm³/mol. The van der Waals surface area contributed by atoms with E-state index in [9.17, 15) is 4.79 Å². The van der Waals surface area contributed by atoms with E-state index >= 15 is 0 Å². The van der Waals surface area contributed by atoms with Crippen LogP contribution < -0.4 is 5.73 Å². The number of ether oxygens (including phenoxy) is 1. The molecule has 0 bridgehead atoms. The molecule has 0 aromatic heterocycles. The van der Waals surface area contributed by atoms with Crippen molar-refractivity contribution in [2.75, 3.05) is 7.11 Å². The van der Waals surface area contributed by atoms with Crippen LogP contribution in [0.5, 0.6) is 0 Å². The van der Waals surface area contributed by atoms with Gasteiger partial charge in [-0.3, -0.25) is 4.79 Å². The van der Waals surface area contributed by atoms with Crippen LogP contribution in [0.3, 0.4) is 0 Å². The molecule has 0 heterocycles. The number of carbonyl (C=O) groups is 1. The molecule has 2 N–H and O–H groups in total. The van der Waals surface area contributed by atoms with Gasteiger partial charge >= 0.3 is 0 Å². The van der Waals surface area contributed by atoms with E-state index in [1.807, 2.05) is 0 Å². The van der Waals surface area contributed by atoms with Crippen molar-refractivity contribution in [2.24, 2.45) is 22.7 Å². The first kappa shape index (κ1) is 9.83. The number of hydrogen-bond acceptors (Lipinski definition) is 3. The fourth-order valence-electron chi connectivity index (χ4n) is 1.51. The number of rotatable bonds is 4. The van der Waals surface area contributed by atoms with E-state index in [2.05, 4.69) is 10.0 Å². The van der Waals surface area contributed by atoms with Gasteiger partial charge < -0.3 is 10.5 Å². The number of nitrogens with zero attached hydrogens (tertiary/aromatic N) is 3. The van der Waals surface area contributed by atoms with Crippen LogP contribution in [0.15, 0.2) is 5.11 Å². The van der Waals surface area contributed by atoms with Gasteiger partial charge in [0.1, 0.15) is 6.23 Å². The monoisotopic (exact) mass is 184 g/mol. The molecule has 1 aliphatic carbocycles. The second-order valence-corrected chi connectivity index (χ2v) is 3.16. The smallest absolute Gasteiger partial charge is 0.220 e. The summed E-state index contributed by atoms with van der Waals surface area (Å²) in [5, 5.41) is 3.46. The number of primary amides is 1. The summed E-state index contributed by atoms with van der Waals surface area (Å²) in [6, 6.07) is 0. The molecule has 0 radical (unpaired) electrons. The fourth-order valence-corrected chi connectivity index (χ4v) is 1.51. The summed E-state index contributed by atoms with van der Waals surface area (Å²) in [5.41, 5.74) is 13.3. The first-order valence-corrected chi connectivity index (χ1v) is 4.05. The van der Waals surface area contributed by atoms with Crippen LogP contribution in [0.4, 0.5) is 0 Å². The molecule has 1 saturated carbocycles. The highest BCUT2D eigenvalue weighted by Gasteiger charge is 2.37. The first-order valence-electron chi connectivity index (χ1n) is 4.05. The fraction of sp³-hybridized carbons (Fsp3) is 0.857. The van der Waals surface area contributed by atoms with Crippen molar-refractivity contribution in [3.05, 3.63) is 10.4 Å². The van der Waals surface area contributed by atoms with Crippen LogP contribution in [0, 0.1) is 11.8 Å². The van der Waals surface area contributed by atoms with Crippen LogP contribution in [-0.2, 0) is 9.53 Å². The second-order valence-electron chi connectivity index (χ2n) is 3.16. The molecule has 1 atom stereocenters. The Balaban J connectivity index is 2.40. The van der Waals surface area contributed by atoms with Crippen molar-refractivity contribution in [3.8, 4) is 0 Å². The minimum Gasteiger partial charge on any atom is -0.375 e. The molecule has 1 unspecified atom stereocenters. The van der Waals surface area contributed by atoms with Gasteiger partial charge in [0.2, 0.25) is 5.91 Å². The summed E-state index contributed by atoms with van der Waals surface area (Å²) in [4.78, 5) is 13.3. The minimum atomic E-state index is -0.458. The van der Waals surface area contributed by atoms with Crippen molar-refractivity contribution in [1.82, 2.24) is 0 Å². The Hall–Kier alpha value is -1.26. The molecule has 0 aliphatic heterocycles. The van der Waals surface area contributed by atoms with E-state index < -0.39 is 6.23 Å². The molecular weight excluding hydrogens is 172 g/mol. The average Bonchev–Trinajstić information content (AvgIpc) is 1.99. The Bertz CT molecular complexity index is 243. The summed E-state index contributed by atoms with van der Waals surface area (Å²) in [5.74, 6) is -0.220. The van der Waals surface area contributed by atoms with Crippen molar-refractivity contribution in [2.45, 2.75) is 19.1 Å². The van der Waals surface area contributed by atoms with Gasteiger partial charge in [-0.15, -0.1) is 0 Å². The zero-order valence-corrected chi connectivity index (χ0v) is 7.38. The molecular formula is C7H12N4O2. The molecule has 1 fully saturated rings. The topological polar surface area (TPSA) is 101 Å². The van der Waals surface area contributed by atoms with Gasteiger partial charge in [0.25, 0.3) is 0 Å². The first-order chi connectivity index (χ1) is 6.19. The van der Waals surface area contributed by atoms with Crippen LogP contribution in [-0.4, -0.2) is 19.2 Å². The molecule has 72 valence electrons. The normalized spacial score (nSPS) is 28.4. The number of methoxy groups -OCH3 is 1. The van der Waals surface area contributed by atoms with E-state index in [0.29, 0.717) is 12.8 Å². The number of nitrogens with two attached hydrogens (primary N) is 1. The molecule has 1 aliphatic rings. The van der Waals surface area contributed by atoms with Gasteiger partial charge in [-0.25, -0.2) is 0 Å². The van der Waals surface area contributed by atoms with Crippen molar-refractivity contribution < 1.29 is 9.53 Å². The minimum absolute atomic E-state index is 0.0726. The number of hydrogen-bond donors (Lipinski definition) is 1.